The van der Waals surface area contributed by atoms with Crippen molar-refractivity contribution in [3.63, 3.8) is 0 Å². The predicted molar refractivity (Wildman–Crippen MR) is 72.0 cm³/mol. The zero-order valence-electron chi connectivity index (χ0n) is 9.47. The highest BCUT2D eigenvalue weighted by molar-refractivity contribution is 7.99. The third-order valence-electron chi connectivity index (χ3n) is 2.18. The van der Waals surface area contributed by atoms with E-state index in [1.54, 1.807) is 17.4 Å². The van der Waals surface area contributed by atoms with Crippen LogP contribution in [0.3, 0.4) is 0 Å². The first-order valence-electron chi connectivity index (χ1n) is 5.21. The highest BCUT2D eigenvalue weighted by atomic mass is 32.2. The molecule has 4 heteroatoms. The Bertz CT molecular complexity index is 369. The third kappa shape index (κ3) is 4.86. The van der Waals surface area contributed by atoms with Gasteiger partial charge in [-0.25, -0.2) is 4.79 Å². The zero-order valence-corrected chi connectivity index (χ0v) is 11.1. The van der Waals surface area contributed by atoms with E-state index in [0.717, 1.165) is 11.3 Å². The van der Waals surface area contributed by atoms with Crippen molar-refractivity contribution in [2.75, 3.05) is 0 Å². The third-order valence-corrected chi connectivity index (χ3v) is 4.70. The lowest BCUT2D eigenvalue weighted by atomic mass is 10.3. The molecule has 1 aromatic rings. The van der Waals surface area contributed by atoms with Gasteiger partial charge >= 0.3 is 5.97 Å². The molecule has 1 atom stereocenters. The summed E-state index contributed by atoms with van der Waals surface area (Å²) in [5.74, 6) is 0.113. The Morgan fingerprint density at radius 1 is 1.69 bits per heavy atom. The monoisotopic (exact) mass is 256 g/mol. The van der Waals surface area contributed by atoms with Crippen molar-refractivity contribution in [2.24, 2.45) is 0 Å². The summed E-state index contributed by atoms with van der Waals surface area (Å²) in [6.07, 6.45) is 3.99. The number of carbonyl (C=O) groups is 1. The van der Waals surface area contributed by atoms with Crippen LogP contribution in [0.25, 0.3) is 6.08 Å². The minimum atomic E-state index is -0.901. The minimum Gasteiger partial charge on any atom is -0.478 e. The first-order chi connectivity index (χ1) is 7.61. The smallest absolute Gasteiger partial charge is 0.328 e. The topological polar surface area (TPSA) is 37.3 Å². The molecule has 0 saturated heterocycles. The molecular weight excluding hydrogens is 240 g/mol. The second-order valence-electron chi connectivity index (χ2n) is 3.55. The van der Waals surface area contributed by atoms with Crippen molar-refractivity contribution in [2.45, 2.75) is 31.3 Å². The number of rotatable bonds is 6. The highest BCUT2D eigenvalue weighted by Crippen LogP contribution is 2.24. The van der Waals surface area contributed by atoms with Gasteiger partial charge in [0.2, 0.25) is 0 Å². The fraction of sp³-hybridized carbons (Fsp3) is 0.417. The van der Waals surface area contributed by atoms with E-state index < -0.39 is 5.97 Å². The van der Waals surface area contributed by atoms with Gasteiger partial charge in [-0.05, 0) is 29.5 Å². The summed E-state index contributed by atoms with van der Waals surface area (Å²) in [6.45, 7) is 4.41. The van der Waals surface area contributed by atoms with Gasteiger partial charge in [-0.1, -0.05) is 13.8 Å². The SMILES string of the molecule is CCC(C)SCc1cc(C=CC(=O)O)cs1. The molecule has 88 valence electrons. The lowest BCUT2D eigenvalue weighted by Crippen LogP contribution is -1.92. The molecule has 0 saturated carbocycles. The van der Waals surface area contributed by atoms with E-state index in [4.69, 9.17) is 5.11 Å². The quantitative estimate of drug-likeness (QED) is 0.785. The summed E-state index contributed by atoms with van der Waals surface area (Å²) >= 11 is 3.63. The summed E-state index contributed by atoms with van der Waals surface area (Å²) in [6, 6.07) is 2.06. The molecule has 1 unspecified atom stereocenters. The van der Waals surface area contributed by atoms with E-state index in [1.165, 1.54) is 17.4 Å². The van der Waals surface area contributed by atoms with Crippen LogP contribution < -0.4 is 0 Å². The standard InChI is InChI=1S/C12H16O2S2/c1-3-9(2)15-8-11-6-10(7-16-11)4-5-12(13)14/h4-7,9H,3,8H2,1-2H3,(H,13,14). The van der Waals surface area contributed by atoms with Crippen LogP contribution in [0.4, 0.5) is 0 Å². The Labute approximate surface area is 104 Å². The van der Waals surface area contributed by atoms with Crippen LogP contribution in [0.5, 0.6) is 0 Å². The van der Waals surface area contributed by atoms with Gasteiger partial charge in [-0.15, -0.1) is 11.3 Å². The lowest BCUT2D eigenvalue weighted by Gasteiger charge is -2.05. The van der Waals surface area contributed by atoms with Gasteiger partial charge in [0.05, 0.1) is 0 Å². The molecule has 0 aliphatic rings. The average Bonchev–Trinajstić information content (AvgIpc) is 2.71. The zero-order chi connectivity index (χ0) is 12.0. The van der Waals surface area contributed by atoms with Gasteiger partial charge in [0.15, 0.2) is 0 Å². The molecule has 16 heavy (non-hydrogen) atoms. The molecule has 1 heterocycles. The van der Waals surface area contributed by atoms with Gasteiger partial charge in [0.1, 0.15) is 0 Å². The van der Waals surface area contributed by atoms with Crippen LogP contribution in [0.1, 0.15) is 30.7 Å². The van der Waals surface area contributed by atoms with Crippen LogP contribution in [0.15, 0.2) is 17.5 Å². The Kier molecular flexibility index (Phi) is 5.63. The number of thiophene rings is 1. The van der Waals surface area contributed by atoms with Crippen LogP contribution >= 0.6 is 23.1 Å². The second kappa shape index (κ2) is 6.76. The normalized spacial score (nSPS) is 13.1. The maximum absolute atomic E-state index is 10.3. The Morgan fingerprint density at radius 2 is 2.44 bits per heavy atom. The molecule has 0 amide bonds. The van der Waals surface area contributed by atoms with Crippen LogP contribution in [0.2, 0.25) is 0 Å². The molecule has 1 N–H and O–H groups in total. The number of carboxylic acids is 1. The summed E-state index contributed by atoms with van der Waals surface area (Å²) in [5.41, 5.74) is 0.979. The predicted octanol–water partition coefficient (Wildman–Crippen LogP) is 3.88. The lowest BCUT2D eigenvalue weighted by molar-refractivity contribution is -0.131. The van der Waals surface area contributed by atoms with Crippen LogP contribution in [-0.2, 0) is 10.5 Å². The summed E-state index contributed by atoms with van der Waals surface area (Å²) < 4.78 is 0. The number of aliphatic carboxylic acids is 1. The van der Waals surface area contributed by atoms with Crippen molar-refractivity contribution in [3.05, 3.63) is 28.0 Å². The maximum atomic E-state index is 10.3. The van der Waals surface area contributed by atoms with Crippen molar-refractivity contribution in [3.8, 4) is 0 Å². The van der Waals surface area contributed by atoms with E-state index in [2.05, 4.69) is 19.9 Å². The highest BCUT2D eigenvalue weighted by Gasteiger charge is 2.02. The van der Waals surface area contributed by atoms with Crippen LogP contribution in [0, 0.1) is 0 Å². The first kappa shape index (κ1) is 13.3. The molecule has 0 bridgehead atoms. The largest absolute Gasteiger partial charge is 0.478 e. The fourth-order valence-electron chi connectivity index (χ4n) is 1.07. The molecule has 0 spiro atoms. The summed E-state index contributed by atoms with van der Waals surface area (Å²) in [7, 11) is 0. The molecule has 0 aliphatic carbocycles. The van der Waals surface area contributed by atoms with Gasteiger partial charge in [-0.2, -0.15) is 11.8 Å². The minimum absolute atomic E-state index is 0.681. The molecule has 0 fully saturated rings. The van der Waals surface area contributed by atoms with E-state index in [-0.39, 0.29) is 0 Å². The van der Waals surface area contributed by atoms with E-state index in [1.807, 2.05) is 17.1 Å². The number of carboxylic acid groups (broad SMARTS) is 1. The number of hydrogen-bond donors (Lipinski definition) is 1. The first-order valence-corrected chi connectivity index (χ1v) is 7.14. The average molecular weight is 256 g/mol. The van der Waals surface area contributed by atoms with Crippen LogP contribution in [-0.4, -0.2) is 16.3 Å². The molecule has 0 aliphatic heterocycles. The Balaban J connectivity index is 2.48. The van der Waals surface area contributed by atoms with Gasteiger partial charge in [-0.3, -0.25) is 0 Å². The van der Waals surface area contributed by atoms with Crippen molar-refractivity contribution >= 4 is 35.1 Å². The van der Waals surface area contributed by atoms with Gasteiger partial charge < -0.3 is 5.11 Å². The number of thioether (sulfide) groups is 1. The molecule has 0 radical (unpaired) electrons. The molecule has 0 aromatic carbocycles. The number of hydrogen-bond acceptors (Lipinski definition) is 3. The van der Waals surface area contributed by atoms with E-state index >= 15 is 0 Å². The van der Waals surface area contributed by atoms with Gasteiger partial charge in [0.25, 0.3) is 0 Å². The summed E-state index contributed by atoms with van der Waals surface area (Å²) in [5, 5.41) is 11.2. The Hall–Kier alpha value is -0.740. The van der Waals surface area contributed by atoms with Gasteiger partial charge in [0, 0.05) is 22.0 Å². The van der Waals surface area contributed by atoms with E-state index in [0.29, 0.717) is 5.25 Å². The molecule has 1 rings (SSSR count). The fourth-order valence-corrected chi connectivity index (χ4v) is 2.95. The van der Waals surface area contributed by atoms with Crippen molar-refractivity contribution < 1.29 is 9.90 Å². The van der Waals surface area contributed by atoms with Crippen molar-refractivity contribution in [1.29, 1.82) is 0 Å². The molecular formula is C12H16O2S2. The summed E-state index contributed by atoms with van der Waals surface area (Å²) in [4.78, 5) is 11.6. The van der Waals surface area contributed by atoms with E-state index in [9.17, 15) is 4.79 Å². The molecule has 1 aromatic heterocycles. The molecule has 2 nitrogen and oxygen atoms in total. The second-order valence-corrected chi connectivity index (χ2v) is 5.97. The Morgan fingerprint density at radius 3 is 3.06 bits per heavy atom. The maximum Gasteiger partial charge on any atom is 0.328 e. The van der Waals surface area contributed by atoms with Crippen molar-refractivity contribution in [1.82, 2.24) is 0 Å².